The second kappa shape index (κ2) is 6.91. The first-order valence-corrected chi connectivity index (χ1v) is 8.85. The minimum atomic E-state index is -0.260. The van der Waals surface area contributed by atoms with Crippen molar-refractivity contribution < 1.29 is 14.6 Å². The number of amides is 1. The maximum absolute atomic E-state index is 13.0. The molecular weight excluding hydrogens is 290 g/mol. The lowest BCUT2D eigenvalue weighted by atomic mass is 9.76. The molecule has 3 rings (SSSR count). The third-order valence-corrected chi connectivity index (χ3v) is 5.33. The number of aliphatic hydroxyl groups excluding tert-OH is 1. The van der Waals surface area contributed by atoms with Crippen molar-refractivity contribution >= 4 is 5.91 Å². The standard InChI is InChI=1S/C19H27NO3/c1-2-13-23-16-8-4-3-7-15(16)18(22)20-12-6-11-19(14-20)10-5-9-17(19)21/h3-4,7-8,17,21H,2,5-6,9-14H2,1H3/t17-,19+/m1/s1. The summed E-state index contributed by atoms with van der Waals surface area (Å²) in [7, 11) is 0. The van der Waals surface area contributed by atoms with E-state index in [0.717, 1.165) is 45.1 Å². The number of para-hydroxylation sites is 1. The van der Waals surface area contributed by atoms with Crippen LogP contribution >= 0.6 is 0 Å². The van der Waals surface area contributed by atoms with Crippen LogP contribution in [-0.4, -0.2) is 41.7 Å². The summed E-state index contributed by atoms with van der Waals surface area (Å²) in [5.74, 6) is 0.709. The molecule has 126 valence electrons. The molecule has 1 aliphatic heterocycles. The van der Waals surface area contributed by atoms with Crippen LogP contribution in [0.1, 0.15) is 55.8 Å². The van der Waals surface area contributed by atoms with Gasteiger partial charge in [0.1, 0.15) is 5.75 Å². The van der Waals surface area contributed by atoms with Crippen LogP contribution in [0.4, 0.5) is 0 Å². The Labute approximate surface area is 138 Å². The lowest BCUT2D eigenvalue weighted by molar-refractivity contribution is -0.00546. The Morgan fingerprint density at radius 2 is 2.13 bits per heavy atom. The van der Waals surface area contributed by atoms with E-state index >= 15 is 0 Å². The van der Waals surface area contributed by atoms with Crippen LogP contribution in [0.2, 0.25) is 0 Å². The monoisotopic (exact) mass is 317 g/mol. The molecule has 1 spiro atoms. The Kier molecular flexibility index (Phi) is 4.90. The lowest BCUT2D eigenvalue weighted by Crippen LogP contribution is -2.49. The van der Waals surface area contributed by atoms with Crippen LogP contribution in [0.15, 0.2) is 24.3 Å². The zero-order chi connectivity index (χ0) is 16.3. The summed E-state index contributed by atoms with van der Waals surface area (Å²) in [5.41, 5.74) is 0.568. The molecule has 0 bridgehead atoms. The number of rotatable bonds is 4. The highest BCUT2D eigenvalue weighted by molar-refractivity contribution is 5.97. The van der Waals surface area contributed by atoms with Crippen LogP contribution in [0.5, 0.6) is 5.75 Å². The van der Waals surface area contributed by atoms with Crippen LogP contribution in [0.25, 0.3) is 0 Å². The van der Waals surface area contributed by atoms with Gasteiger partial charge in [-0.2, -0.15) is 0 Å². The zero-order valence-electron chi connectivity index (χ0n) is 14.0. The minimum absolute atomic E-state index is 0.0369. The smallest absolute Gasteiger partial charge is 0.257 e. The highest BCUT2D eigenvalue weighted by Crippen LogP contribution is 2.45. The van der Waals surface area contributed by atoms with E-state index in [1.54, 1.807) is 0 Å². The maximum Gasteiger partial charge on any atom is 0.257 e. The predicted octanol–water partition coefficient (Wildman–Crippen LogP) is 3.24. The van der Waals surface area contributed by atoms with Gasteiger partial charge in [-0.3, -0.25) is 4.79 Å². The number of hydrogen-bond donors (Lipinski definition) is 1. The highest BCUT2D eigenvalue weighted by Gasteiger charge is 2.45. The Bertz CT molecular complexity index is 559. The minimum Gasteiger partial charge on any atom is -0.493 e. The number of likely N-dealkylation sites (tertiary alicyclic amines) is 1. The van der Waals surface area contributed by atoms with Crippen molar-refractivity contribution in [1.29, 1.82) is 0 Å². The average molecular weight is 317 g/mol. The molecule has 0 aromatic heterocycles. The van der Waals surface area contributed by atoms with Gasteiger partial charge in [0.05, 0.1) is 18.3 Å². The van der Waals surface area contributed by atoms with Gasteiger partial charge < -0.3 is 14.7 Å². The van der Waals surface area contributed by atoms with Gasteiger partial charge >= 0.3 is 0 Å². The molecule has 0 radical (unpaired) electrons. The van der Waals surface area contributed by atoms with Crippen LogP contribution in [-0.2, 0) is 0 Å². The summed E-state index contributed by atoms with van der Waals surface area (Å²) in [4.78, 5) is 14.9. The number of hydrogen-bond acceptors (Lipinski definition) is 3. The number of carbonyl (C=O) groups is 1. The van der Waals surface area contributed by atoms with Crippen molar-refractivity contribution in [3.8, 4) is 5.75 Å². The molecule has 4 nitrogen and oxygen atoms in total. The average Bonchev–Trinajstić information content (AvgIpc) is 2.92. The second-order valence-corrected chi connectivity index (χ2v) is 6.95. The van der Waals surface area contributed by atoms with Gasteiger partial charge in [-0.15, -0.1) is 0 Å². The van der Waals surface area contributed by atoms with Crippen molar-refractivity contribution in [2.24, 2.45) is 5.41 Å². The molecule has 0 unspecified atom stereocenters. The summed E-state index contributed by atoms with van der Waals surface area (Å²) in [6, 6.07) is 7.50. The Morgan fingerprint density at radius 1 is 1.35 bits per heavy atom. The first kappa shape index (κ1) is 16.3. The lowest BCUT2D eigenvalue weighted by Gasteiger charge is -2.42. The van der Waals surface area contributed by atoms with Crippen molar-refractivity contribution in [3.63, 3.8) is 0 Å². The van der Waals surface area contributed by atoms with Crippen molar-refractivity contribution in [2.75, 3.05) is 19.7 Å². The van der Waals surface area contributed by atoms with E-state index in [-0.39, 0.29) is 17.4 Å². The second-order valence-electron chi connectivity index (χ2n) is 6.95. The van der Waals surface area contributed by atoms with Gasteiger partial charge in [-0.1, -0.05) is 25.5 Å². The predicted molar refractivity (Wildman–Crippen MR) is 89.7 cm³/mol. The molecule has 1 saturated carbocycles. The Hall–Kier alpha value is -1.55. The Balaban J connectivity index is 1.78. The fourth-order valence-corrected chi connectivity index (χ4v) is 4.08. The molecule has 1 N–H and O–H groups in total. The molecule has 2 fully saturated rings. The summed E-state index contributed by atoms with van der Waals surface area (Å²) >= 11 is 0. The largest absolute Gasteiger partial charge is 0.493 e. The molecule has 23 heavy (non-hydrogen) atoms. The van der Waals surface area contributed by atoms with Crippen molar-refractivity contribution in [3.05, 3.63) is 29.8 Å². The number of carbonyl (C=O) groups excluding carboxylic acids is 1. The van der Waals surface area contributed by atoms with E-state index in [9.17, 15) is 9.90 Å². The van der Waals surface area contributed by atoms with E-state index in [1.165, 1.54) is 0 Å². The topological polar surface area (TPSA) is 49.8 Å². The van der Waals surface area contributed by atoms with Crippen molar-refractivity contribution in [2.45, 2.75) is 51.6 Å². The van der Waals surface area contributed by atoms with Gasteiger partial charge in [-0.05, 0) is 44.2 Å². The van der Waals surface area contributed by atoms with Crippen LogP contribution in [0.3, 0.4) is 0 Å². The van der Waals surface area contributed by atoms with Gasteiger partial charge in [0.15, 0.2) is 0 Å². The molecule has 1 amide bonds. The van der Waals surface area contributed by atoms with Crippen LogP contribution < -0.4 is 4.74 Å². The third kappa shape index (κ3) is 3.23. The fraction of sp³-hybridized carbons (Fsp3) is 0.632. The summed E-state index contributed by atoms with van der Waals surface area (Å²) in [6.07, 6.45) is 5.64. The van der Waals surface area contributed by atoms with Gasteiger partial charge in [0, 0.05) is 18.5 Å². The molecule has 1 aromatic rings. The van der Waals surface area contributed by atoms with Crippen LogP contribution in [0, 0.1) is 5.41 Å². The number of ether oxygens (including phenoxy) is 1. The number of piperidine rings is 1. The molecule has 1 aliphatic carbocycles. The first-order chi connectivity index (χ1) is 11.2. The molecule has 2 aliphatic rings. The van der Waals surface area contributed by atoms with Gasteiger partial charge in [0.2, 0.25) is 0 Å². The van der Waals surface area contributed by atoms with Gasteiger partial charge in [-0.25, -0.2) is 0 Å². The fourth-order valence-electron chi connectivity index (χ4n) is 4.08. The summed E-state index contributed by atoms with van der Waals surface area (Å²) in [6.45, 7) is 4.12. The van der Waals surface area contributed by atoms with E-state index in [0.29, 0.717) is 24.5 Å². The van der Waals surface area contributed by atoms with Gasteiger partial charge in [0.25, 0.3) is 5.91 Å². The van der Waals surface area contributed by atoms with Crippen molar-refractivity contribution in [1.82, 2.24) is 4.90 Å². The molecule has 2 atom stereocenters. The molecule has 4 heteroatoms. The third-order valence-electron chi connectivity index (χ3n) is 5.33. The molecular formula is C19H27NO3. The molecule has 1 aromatic carbocycles. The van der Waals surface area contributed by atoms with E-state index in [2.05, 4.69) is 6.92 Å². The van der Waals surface area contributed by atoms with E-state index < -0.39 is 0 Å². The highest BCUT2D eigenvalue weighted by atomic mass is 16.5. The SMILES string of the molecule is CCCOc1ccccc1C(=O)N1CCC[C@@]2(CCC[C@H]2O)C1. The number of aliphatic hydroxyl groups is 1. The number of benzene rings is 1. The normalized spacial score (nSPS) is 27.4. The van der Waals surface area contributed by atoms with E-state index in [1.807, 2.05) is 29.2 Å². The maximum atomic E-state index is 13.0. The number of nitrogens with zero attached hydrogens (tertiary/aromatic N) is 1. The Morgan fingerprint density at radius 3 is 2.87 bits per heavy atom. The first-order valence-electron chi connectivity index (χ1n) is 8.85. The summed E-state index contributed by atoms with van der Waals surface area (Å²) < 4.78 is 5.74. The molecule has 1 saturated heterocycles. The summed E-state index contributed by atoms with van der Waals surface area (Å²) in [5, 5.41) is 10.4. The molecule has 1 heterocycles. The zero-order valence-corrected chi connectivity index (χ0v) is 14.0. The van der Waals surface area contributed by atoms with E-state index in [4.69, 9.17) is 4.74 Å². The quantitative estimate of drug-likeness (QED) is 0.927.